The van der Waals surface area contributed by atoms with E-state index in [4.69, 9.17) is 5.11 Å². The fraction of sp³-hybridized carbons (Fsp3) is 0. The van der Waals surface area contributed by atoms with Gasteiger partial charge < -0.3 is 10.4 Å². The Balaban J connectivity index is 3.40. The van der Waals surface area contributed by atoms with Gasteiger partial charge in [0.1, 0.15) is 17.2 Å². The number of carboxylic acids is 1. The predicted octanol–water partition coefficient (Wildman–Crippen LogP) is 1.23. The van der Waals surface area contributed by atoms with Crippen molar-refractivity contribution in [2.45, 2.75) is 0 Å². The van der Waals surface area contributed by atoms with Crippen LogP contribution >= 0.6 is 0 Å². The Morgan fingerprint density at radius 3 is 2.43 bits per heavy atom. The summed E-state index contributed by atoms with van der Waals surface area (Å²) in [7, 11) is 0. The SMILES string of the molecule is O=CNc1c(F)ccc(F)c1C(=O)O. The Morgan fingerprint density at radius 2 is 1.93 bits per heavy atom. The molecule has 0 bridgehead atoms. The highest BCUT2D eigenvalue weighted by molar-refractivity contribution is 5.96. The van der Waals surface area contributed by atoms with Crippen LogP contribution in [0.1, 0.15) is 10.4 Å². The van der Waals surface area contributed by atoms with Gasteiger partial charge in [0.2, 0.25) is 6.41 Å². The average molecular weight is 201 g/mol. The summed E-state index contributed by atoms with van der Waals surface area (Å²) in [5.74, 6) is -3.76. The van der Waals surface area contributed by atoms with Gasteiger partial charge in [0.05, 0.1) is 5.69 Å². The fourth-order valence-electron chi connectivity index (χ4n) is 0.961. The molecule has 1 aromatic rings. The van der Waals surface area contributed by atoms with Crippen molar-refractivity contribution in [3.05, 3.63) is 29.3 Å². The summed E-state index contributed by atoms with van der Waals surface area (Å²) in [5.41, 5.74) is -1.57. The maximum absolute atomic E-state index is 12.9. The molecule has 4 nitrogen and oxygen atoms in total. The van der Waals surface area contributed by atoms with Crippen molar-refractivity contribution in [3.63, 3.8) is 0 Å². The lowest BCUT2D eigenvalue weighted by molar-refractivity contribution is -0.105. The molecule has 0 aliphatic carbocycles. The van der Waals surface area contributed by atoms with Crippen LogP contribution in [-0.4, -0.2) is 17.5 Å². The van der Waals surface area contributed by atoms with Gasteiger partial charge in [-0.05, 0) is 12.1 Å². The highest BCUT2D eigenvalue weighted by Crippen LogP contribution is 2.22. The zero-order valence-corrected chi connectivity index (χ0v) is 6.75. The lowest BCUT2D eigenvalue weighted by atomic mass is 10.1. The van der Waals surface area contributed by atoms with Crippen LogP contribution < -0.4 is 5.32 Å². The Kier molecular flexibility index (Phi) is 2.76. The first-order valence-electron chi connectivity index (χ1n) is 3.49. The molecule has 0 atom stereocenters. The first-order chi connectivity index (χ1) is 6.57. The highest BCUT2D eigenvalue weighted by Gasteiger charge is 2.19. The van der Waals surface area contributed by atoms with Crippen LogP contribution in [0.3, 0.4) is 0 Å². The van der Waals surface area contributed by atoms with E-state index >= 15 is 0 Å². The van der Waals surface area contributed by atoms with E-state index in [0.717, 1.165) is 6.07 Å². The number of benzene rings is 1. The van der Waals surface area contributed by atoms with Crippen molar-refractivity contribution in [3.8, 4) is 0 Å². The third-order valence-corrected chi connectivity index (χ3v) is 1.52. The van der Waals surface area contributed by atoms with E-state index in [1.807, 2.05) is 0 Å². The van der Waals surface area contributed by atoms with E-state index in [0.29, 0.717) is 6.07 Å². The Hall–Kier alpha value is -1.98. The van der Waals surface area contributed by atoms with Crippen LogP contribution in [-0.2, 0) is 4.79 Å². The second-order valence-electron chi connectivity index (χ2n) is 2.35. The molecular weight excluding hydrogens is 196 g/mol. The molecule has 1 aromatic carbocycles. The number of anilines is 1. The van der Waals surface area contributed by atoms with E-state index in [1.165, 1.54) is 0 Å². The first kappa shape index (κ1) is 10.1. The highest BCUT2D eigenvalue weighted by atomic mass is 19.1. The van der Waals surface area contributed by atoms with Gasteiger partial charge in [-0.15, -0.1) is 0 Å². The largest absolute Gasteiger partial charge is 0.478 e. The second kappa shape index (κ2) is 3.82. The zero-order valence-electron chi connectivity index (χ0n) is 6.75. The minimum Gasteiger partial charge on any atom is -0.478 e. The quantitative estimate of drug-likeness (QED) is 0.723. The van der Waals surface area contributed by atoms with Crippen molar-refractivity contribution < 1.29 is 23.5 Å². The maximum Gasteiger partial charge on any atom is 0.340 e. The number of nitrogens with one attached hydrogen (secondary N) is 1. The van der Waals surface area contributed by atoms with E-state index in [1.54, 1.807) is 5.32 Å². The van der Waals surface area contributed by atoms with Crippen molar-refractivity contribution in [1.29, 1.82) is 0 Å². The van der Waals surface area contributed by atoms with Crippen LogP contribution in [0.4, 0.5) is 14.5 Å². The first-order valence-corrected chi connectivity index (χ1v) is 3.49. The molecule has 1 rings (SSSR count). The normalized spacial score (nSPS) is 9.57. The summed E-state index contributed by atoms with van der Waals surface area (Å²) in [6.07, 6.45) is 0.0737. The molecular formula is C8H5F2NO3. The Morgan fingerprint density at radius 1 is 1.36 bits per heavy atom. The average Bonchev–Trinajstić information content (AvgIpc) is 2.11. The minimum atomic E-state index is -1.65. The summed E-state index contributed by atoms with van der Waals surface area (Å²) >= 11 is 0. The van der Waals surface area contributed by atoms with Crippen LogP contribution in [0.2, 0.25) is 0 Å². The van der Waals surface area contributed by atoms with Crippen molar-refractivity contribution >= 4 is 18.1 Å². The number of hydrogen-bond donors (Lipinski definition) is 2. The third kappa shape index (κ3) is 1.68. The predicted molar refractivity (Wildman–Crippen MR) is 43.0 cm³/mol. The van der Waals surface area contributed by atoms with E-state index in [9.17, 15) is 18.4 Å². The molecule has 14 heavy (non-hydrogen) atoms. The summed E-state index contributed by atoms with van der Waals surface area (Å²) in [4.78, 5) is 20.5. The minimum absolute atomic E-state index is 0.0737. The topological polar surface area (TPSA) is 66.4 Å². The molecule has 0 fully saturated rings. The standard InChI is InChI=1S/C8H5F2NO3/c9-4-1-2-5(10)7(11-3-12)6(4)8(13)14/h1-3H,(H,11,12)(H,13,14). The van der Waals surface area contributed by atoms with Gasteiger partial charge in [-0.25, -0.2) is 13.6 Å². The molecule has 0 saturated carbocycles. The number of carboxylic acid groups (broad SMARTS) is 1. The second-order valence-corrected chi connectivity index (χ2v) is 2.35. The van der Waals surface area contributed by atoms with Gasteiger partial charge >= 0.3 is 5.97 Å². The molecule has 0 radical (unpaired) electrons. The number of hydrogen-bond acceptors (Lipinski definition) is 2. The molecule has 74 valence electrons. The molecule has 0 spiro atoms. The number of aromatic carboxylic acids is 1. The molecule has 1 amide bonds. The molecule has 2 N–H and O–H groups in total. The molecule has 0 heterocycles. The lowest BCUT2D eigenvalue weighted by Crippen LogP contribution is -2.09. The lowest BCUT2D eigenvalue weighted by Gasteiger charge is -2.05. The summed E-state index contributed by atoms with van der Waals surface area (Å²) in [6, 6.07) is 1.41. The van der Waals surface area contributed by atoms with E-state index < -0.39 is 28.9 Å². The van der Waals surface area contributed by atoms with Crippen LogP contribution in [0, 0.1) is 11.6 Å². The summed E-state index contributed by atoms with van der Waals surface area (Å²) in [6.45, 7) is 0. The zero-order chi connectivity index (χ0) is 10.7. The maximum atomic E-state index is 12.9. The number of carbonyl (C=O) groups is 2. The van der Waals surface area contributed by atoms with E-state index in [-0.39, 0.29) is 6.41 Å². The van der Waals surface area contributed by atoms with Crippen molar-refractivity contribution in [1.82, 2.24) is 0 Å². The van der Waals surface area contributed by atoms with Crippen LogP contribution in [0.5, 0.6) is 0 Å². The Bertz CT molecular complexity index is 392. The van der Waals surface area contributed by atoms with E-state index in [2.05, 4.69) is 0 Å². The summed E-state index contributed by atoms with van der Waals surface area (Å²) in [5, 5.41) is 10.3. The smallest absolute Gasteiger partial charge is 0.340 e. The van der Waals surface area contributed by atoms with Gasteiger partial charge in [0.25, 0.3) is 0 Å². The van der Waals surface area contributed by atoms with Gasteiger partial charge in [-0.3, -0.25) is 4.79 Å². The van der Waals surface area contributed by atoms with Gasteiger partial charge in [0.15, 0.2) is 0 Å². The van der Waals surface area contributed by atoms with Gasteiger partial charge in [-0.2, -0.15) is 0 Å². The molecule has 0 saturated heterocycles. The summed E-state index contributed by atoms with van der Waals surface area (Å²) < 4.78 is 25.8. The monoisotopic (exact) mass is 201 g/mol. The van der Waals surface area contributed by atoms with Crippen LogP contribution in [0.25, 0.3) is 0 Å². The van der Waals surface area contributed by atoms with Crippen LogP contribution in [0.15, 0.2) is 12.1 Å². The number of amides is 1. The Labute approximate surface area is 77.2 Å². The number of rotatable bonds is 3. The van der Waals surface area contributed by atoms with Crippen molar-refractivity contribution in [2.75, 3.05) is 5.32 Å². The van der Waals surface area contributed by atoms with Gasteiger partial charge in [0, 0.05) is 0 Å². The molecule has 0 unspecified atom stereocenters. The fourth-order valence-corrected chi connectivity index (χ4v) is 0.961. The third-order valence-electron chi connectivity index (χ3n) is 1.52. The molecule has 0 aromatic heterocycles. The molecule has 0 aliphatic rings. The number of halogens is 2. The molecule has 0 aliphatic heterocycles. The molecule has 6 heteroatoms. The van der Waals surface area contributed by atoms with Gasteiger partial charge in [-0.1, -0.05) is 0 Å². The van der Waals surface area contributed by atoms with Crippen molar-refractivity contribution in [2.24, 2.45) is 0 Å². The number of carbonyl (C=O) groups excluding carboxylic acids is 1.